The molecule has 4 nitrogen and oxygen atoms in total. The fourth-order valence-electron chi connectivity index (χ4n) is 3.79. The molecule has 3 aromatic rings. The summed E-state index contributed by atoms with van der Waals surface area (Å²) in [5, 5.41) is 8.51. The highest BCUT2D eigenvalue weighted by Crippen LogP contribution is 2.29. The Morgan fingerprint density at radius 1 is 0.969 bits per heavy atom. The zero-order chi connectivity index (χ0) is 22.1. The van der Waals surface area contributed by atoms with Crippen LogP contribution in [-0.2, 0) is 4.74 Å². The SMILES string of the molecule is C=C(CCC(=C)c1ccc(-n2nnc3ccccc32)cc1)C1=CC2=C=C(C=CC(C)=C2)O1. The summed E-state index contributed by atoms with van der Waals surface area (Å²) in [4.78, 5) is 0. The Labute approximate surface area is 187 Å². The Bertz CT molecular complexity index is 1400. The lowest BCUT2D eigenvalue weighted by atomic mass is 9.98. The minimum atomic E-state index is 0.724. The maximum atomic E-state index is 5.96. The van der Waals surface area contributed by atoms with E-state index in [1.807, 2.05) is 59.3 Å². The predicted octanol–water partition coefficient (Wildman–Crippen LogP) is 6.61. The van der Waals surface area contributed by atoms with Crippen LogP contribution in [0.15, 0.2) is 120 Å². The molecule has 2 heterocycles. The van der Waals surface area contributed by atoms with Gasteiger partial charge in [-0.05, 0) is 84.5 Å². The number of aromatic nitrogens is 3. The summed E-state index contributed by atoms with van der Waals surface area (Å²) in [6.07, 6.45) is 9.64. The average Bonchev–Trinajstić information content (AvgIpc) is 3.20. The van der Waals surface area contributed by atoms with E-state index in [4.69, 9.17) is 4.74 Å². The van der Waals surface area contributed by atoms with Crippen LogP contribution in [0.3, 0.4) is 0 Å². The van der Waals surface area contributed by atoms with Gasteiger partial charge in [-0.15, -0.1) is 5.10 Å². The van der Waals surface area contributed by atoms with Crippen molar-refractivity contribution in [3.63, 3.8) is 0 Å². The first-order valence-electron chi connectivity index (χ1n) is 10.6. The van der Waals surface area contributed by atoms with E-state index >= 15 is 0 Å². The molecule has 0 amide bonds. The van der Waals surface area contributed by atoms with E-state index in [9.17, 15) is 0 Å². The largest absolute Gasteiger partial charge is 0.449 e. The van der Waals surface area contributed by atoms with Gasteiger partial charge in [0.05, 0.1) is 11.2 Å². The molecule has 5 rings (SSSR count). The molecule has 0 fully saturated rings. The van der Waals surface area contributed by atoms with E-state index in [1.54, 1.807) is 0 Å². The fourth-order valence-corrected chi connectivity index (χ4v) is 3.79. The maximum absolute atomic E-state index is 5.96. The summed E-state index contributed by atoms with van der Waals surface area (Å²) in [7, 11) is 0. The van der Waals surface area contributed by atoms with Crippen molar-refractivity contribution in [3.8, 4) is 5.69 Å². The van der Waals surface area contributed by atoms with Crippen LogP contribution in [0, 0.1) is 0 Å². The summed E-state index contributed by atoms with van der Waals surface area (Å²) in [5.41, 5.74) is 11.4. The molecule has 32 heavy (non-hydrogen) atoms. The fraction of sp³-hybridized carbons (Fsp3) is 0.107. The van der Waals surface area contributed by atoms with E-state index in [2.05, 4.69) is 54.3 Å². The first-order valence-corrected chi connectivity index (χ1v) is 10.6. The summed E-state index contributed by atoms with van der Waals surface area (Å²) >= 11 is 0. The highest BCUT2D eigenvalue weighted by atomic mass is 16.5. The molecule has 0 N–H and O–H groups in total. The second-order valence-corrected chi connectivity index (χ2v) is 8.02. The molecule has 4 heteroatoms. The van der Waals surface area contributed by atoms with Gasteiger partial charge >= 0.3 is 0 Å². The number of hydrogen-bond donors (Lipinski definition) is 0. The lowest BCUT2D eigenvalue weighted by Gasteiger charge is -2.16. The Balaban J connectivity index is 1.25. The van der Waals surface area contributed by atoms with Gasteiger partial charge in [0.25, 0.3) is 0 Å². The molecule has 2 aromatic carbocycles. The minimum absolute atomic E-state index is 0.724. The predicted molar refractivity (Wildman–Crippen MR) is 129 cm³/mol. The zero-order valence-electron chi connectivity index (χ0n) is 18.0. The third-order valence-corrected chi connectivity index (χ3v) is 5.60. The molecule has 0 spiro atoms. The van der Waals surface area contributed by atoms with Crippen molar-refractivity contribution in [2.24, 2.45) is 0 Å². The van der Waals surface area contributed by atoms with Gasteiger partial charge in [-0.1, -0.05) is 54.4 Å². The van der Waals surface area contributed by atoms with Crippen molar-refractivity contribution in [2.75, 3.05) is 0 Å². The Morgan fingerprint density at radius 2 is 1.75 bits per heavy atom. The van der Waals surface area contributed by atoms with Crippen LogP contribution in [0.4, 0.5) is 0 Å². The molecule has 0 saturated heterocycles. The van der Waals surface area contributed by atoms with Gasteiger partial charge in [-0.25, -0.2) is 4.68 Å². The van der Waals surface area contributed by atoms with Gasteiger partial charge in [0.1, 0.15) is 11.3 Å². The summed E-state index contributed by atoms with van der Waals surface area (Å²) in [6, 6.07) is 16.2. The van der Waals surface area contributed by atoms with Crippen molar-refractivity contribution >= 4 is 16.6 Å². The highest BCUT2D eigenvalue weighted by Gasteiger charge is 2.14. The van der Waals surface area contributed by atoms with Crippen LogP contribution in [0.5, 0.6) is 0 Å². The topological polar surface area (TPSA) is 39.9 Å². The number of fused-ring (bicyclic) bond motifs is 1. The lowest BCUT2D eigenvalue weighted by molar-refractivity contribution is 0.325. The quantitative estimate of drug-likeness (QED) is 0.424. The summed E-state index contributed by atoms with van der Waals surface area (Å²) < 4.78 is 7.81. The Kier molecular flexibility index (Phi) is 5.06. The van der Waals surface area contributed by atoms with Gasteiger partial charge < -0.3 is 4.74 Å². The van der Waals surface area contributed by atoms with Crippen LogP contribution in [0.2, 0.25) is 0 Å². The molecule has 156 valence electrons. The van der Waals surface area contributed by atoms with E-state index in [1.165, 1.54) is 5.57 Å². The average molecular weight is 418 g/mol. The van der Waals surface area contributed by atoms with Gasteiger partial charge in [-0.3, -0.25) is 0 Å². The van der Waals surface area contributed by atoms with Crippen molar-refractivity contribution in [2.45, 2.75) is 19.8 Å². The van der Waals surface area contributed by atoms with E-state index in [-0.39, 0.29) is 0 Å². The summed E-state index contributed by atoms with van der Waals surface area (Å²) in [6.45, 7) is 10.6. The van der Waals surface area contributed by atoms with Gasteiger partial charge in [0.2, 0.25) is 0 Å². The maximum Gasteiger partial charge on any atom is 0.170 e. The number of allylic oxidation sites excluding steroid dienone is 7. The molecule has 0 saturated carbocycles. The molecule has 2 bridgehead atoms. The monoisotopic (exact) mass is 417 g/mol. The third-order valence-electron chi connectivity index (χ3n) is 5.60. The van der Waals surface area contributed by atoms with Gasteiger partial charge in [0, 0.05) is 5.57 Å². The molecular formula is C28H23N3O. The van der Waals surface area contributed by atoms with Crippen LogP contribution >= 0.6 is 0 Å². The molecule has 2 aliphatic rings. The molecule has 0 atom stereocenters. The Morgan fingerprint density at radius 3 is 2.59 bits per heavy atom. The van der Waals surface area contributed by atoms with Crippen molar-refractivity contribution in [1.29, 1.82) is 0 Å². The first kappa shape index (κ1) is 19.8. The van der Waals surface area contributed by atoms with E-state index < -0.39 is 0 Å². The number of ether oxygens (including phenoxy) is 1. The second-order valence-electron chi connectivity index (χ2n) is 8.02. The minimum Gasteiger partial charge on any atom is -0.449 e. The number of rotatable bonds is 6. The van der Waals surface area contributed by atoms with Crippen molar-refractivity contribution in [3.05, 3.63) is 126 Å². The molecule has 0 unspecified atom stereocenters. The van der Waals surface area contributed by atoms with Crippen LogP contribution in [0.1, 0.15) is 25.3 Å². The van der Waals surface area contributed by atoms with Crippen molar-refractivity contribution in [1.82, 2.24) is 15.0 Å². The zero-order valence-corrected chi connectivity index (χ0v) is 18.0. The molecule has 1 aliphatic heterocycles. The highest BCUT2D eigenvalue weighted by molar-refractivity contribution is 5.76. The second kappa shape index (κ2) is 8.18. The lowest BCUT2D eigenvalue weighted by Crippen LogP contribution is -1.99. The number of benzene rings is 2. The number of para-hydroxylation sites is 1. The third kappa shape index (κ3) is 3.92. The number of hydrogen-bond acceptors (Lipinski definition) is 3. The van der Waals surface area contributed by atoms with E-state index in [0.29, 0.717) is 0 Å². The number of nitrogens with zero attached hydrogens (tertiary/aromatic N) is 3. The van der Waals surface area contributed by atoms with Crippen LogP contribution in [0.25, 0.3) is 22.3 Å². The van der Waals surface area contributed by atoms with Crippen molar-refractivity contribution < 1.29 is 4.74 Å². The Hall–Kier alpha value is -4.14. The van der Waals surface area contributed by atoms with Crippen LogP contribution in [-0.4, -0.2) is 15.0 Å². The van der Waals surface area contributed by atoms with Crippen LogP contribution < -0.4 is 0 Å². The smallest absolute Gasteiger partial charge is 0.170 e. The summed E-state index contributed by atoms with van der Waals surface area (Å²) in [5.74, 6) is 1.52. The molecule has 0 radical (unpaired) electrons. The molecule has 1 aliphatic carbocycles. The van der Waals surface area contributed by atoms with Gasteiger partial charge in [0.15, 0.2) is 5.76 Å². The normalized spacial score (nSPS) is 14.7. The molecule has 1 aromatic heterocycles. The standard InChI is InChI=1S/C28H23N3O/c1-19-8-15-25-17-22(16-19)18-28(32-25)21(3)10-9-20(2)23-11-13-24(14-12-23)31-27-7-5-4-6-26(27)29-30-31/h4-8,11-16,18H,2-3,9-10H2,1H3. The molecular weight excluding hydrogens is 394 g/mol. The first-order chi connectivity index (χ1) is 15.6. The van der Waals surface area contributed by atoms with Gasteiger partial charge in [-0.2, -0.15) is 0 Å². The van der Waals surface area contributed by atoms with E-state index in [0.717, 1.165) is 63.4 Å².